The molecule has 0 saturated heterocycles. The zero-order valence-corrected chi connectivity index (χ0v) is 17.6. The Morgan fingerprint density at radius 2 is 1.65 bits per heavy atom. The molecule has 0 atom stereocenters. The van der Waals surface area contributed by atoms with Gasteiger partial charge in [-0.15, -0.1) is 0 Å². The van der Waals surface area contributed by atoms with Crippen molar-refractivity contribution < 1.29 is 17.9 Å². The van der Waals surface area contributed by atoms with E-state index in [0.29, 0.717) is 18.0 Å². The highest BCUT2D eigenvalue weighted by Crippen LogP contribution is 2.16. The number of benzene rings is 3. The summed E-state index contributed by atoms with van der Waals surface area (Å²) in [5.74, 6) is 0.400. The van der Waals surface area contributed by atoms with Gasteiger partial charge in [-0.05, 0) is 66.1 Å². The van der Waals surface area contributed by atoms with E-state index >= 15 is 0 Å². The molecule has 0 unspecified atom stereocenters. The number of amides is 1. The first kappa shape index (κ1) is 22.2. The number of hydrogen-bond acceptors (Lipinski definition) is 5. The predicted octanol–water partition coefficient (Wildman–Crippen LogP) is 2.82. The molecule has 0 radical (unpaired) electrons. The number of carbonyl (C=O) groups excluding carboxylic acids is 1. The van der Waals surface area contributed by atoms with Crippen LogP contribution in [0.1, 0.15) is 11.1 Å². The van der Waals surface area contributed by atoms with Gasteiger partial charge in [-0.3, -0.25) is 9.79 Å². The minimum atomic E-state index is -3.72. The molecule has 0 spiro atoms. The summed E-state index contributed by atoms with van der Waals surface area (Å²) in [6.07, 6.45) is 2.41. The lowest BCUT2D eigenvalue weighted by molar-refractivity contribution is -0.123. The van der Waals surface area contributed by atoms with Crippen LogP contribution in [-0.4, -0.2) is 33.7 Å². The summed E-state index contributed by atoms with van der Waals surface area (Å²) in [4.78, 5) is 16.3. The van der Waals surface area contributed by atoms with Crippen LogP contribution < -0.4 is 15.2 Å². The maximum absolute atomic E-state index is 11.9. The highest BCUT2D eigenvalue weighted by Gasteiger charge is 2.06. The molecular weight excluding hydrogens is 414 g/mol. The topological polar surface area (TPSA) is 111 Å². The fourth-order valence-electron chi connectivity index (χ4n) is 2.71. The van der Waals surface area contributed by atoms with Crippen LogP contribution in [0.3, 0.4) is 0 Å². The Labute approximate surface area is 181 Å². The summed E-state index contributed by atoms with van der Waals surface area (Å²) in [6.45, 7) is 0.498. The molecule has 0 bridgehead atoms. The first-order valence-corrected chi connectivity index (χ1v) is 11.2. The molecule has 3 aromatic rings. The van der Waals surface area contributed by atoms with E-state index in [2.05, 4.69) is 10.3 Å². The van der Waals surface area contributed by atoms with E-state index < -0.39 is 10.0 Å². The molecule has 8 heteroatoms. The minimum Gasteiger partial charge on any atom is -0.484 e. The molecule has 0 aliphatic rings. The lowest BCUT2D eigenvalue weighted by atomic mass is 10.1. The monoisotopic (exact) mass is 437 g/mol. The molecule has 0 aromatic heterocycles. The van der Waals surface area contributed by atoms with E-state index in [9.17, 15) is 13.2 Å². The van der Waals surface area contributed by atoms with Crippen LogP contribution in [0.4, 0.5) is 5.69 Å². The summed E-state index contributed by atoms with van der Waals surface area (Å²) < 4.78 is 28.0. The fourth-order valence-corrected chi connectivity index (χ4v) is 3.23. The molecule has 0 heterocycles. The molecule has 31 heavy (non-hydrogen) atoms. The lowest BCUT2D eigenvalue weighted by Gasteiger charge is -2.08. The van der Waals surface area contributed by atoms with Crippen molar-refractivity contribution in [1.29, 1.82) is 0 Å². The Hall–Kier alpha value is -3.49. The van der Waals surface area contributed by atoms with Gasteiger partial charge in [0.05, 0.1) is 10.6 Å². The average molecular weight is 438 g/mol. The van der Waals surface area contributed by atoms with Crippen LogP contribution in [0, 0.1) is 0 Å². The molecule has 3 rings (SSSR count). The third kappa shape index (κ3) is 7.36. The molecule has 0 saturated carbocycles. The average Bonchev–Trinajstić information content (AvgIpc) is 2.77. The van der Waals surface area contributed by atoms with Gasteiger partial charge in [0.1, 0.15) is 5.75 Å². The molecule has 7 nitrogen and oxygen atoms in total. The second-order valence-electron chi connectivity index (χ2n) is 6.74. The van der Waals surface area contributed by atoms with Crippen molar-refractivity contribution in [2.75, 3.05) is 13.2 Å². The van der Waals surface area contributed by atoms with Crippen molar-refractivity contribution >= 4 is 27.8 Å². The van der Waals surface area contributed by atoms with E-state index in [4.69, 9.17) is 9.88 Å². The molecule has 3 aromatic carbocycles. The SMILES string of the molecule is NS(=O)(=O)c1ccc(N=Cc2ccc(OCC(=O)NCCc3ccccc3)cc2)cc1. The number of nitrogens with two attached hydrogens (primary N) is 1. The van der Waals surface area contributed by atoms with Crippen LogP contribution >= 0.6 is 0 Å². The number of carbonyl (C=O) groups is 1. The van der Waals surface area contributed by atoms with Crippen molar-refractivity contribution in [2.24, 2.45) is 10.1 Å². The third-order valence-corrected chi connectivity index (χ3v) is 5.29. The standard InChI is InChI=1S/C23H23N3O4S/c24-31(28,29)22-12-8-20(9-13-22)26-16-19-6-10-21(11-7-19)30-17-23(27)25-15-14-18-4-2-1-3-5-18/h1-13,16H,14-15,17H2,(H,25,27)(H2,24,28,29). The van der Waals surface area contributed by atoms with E-state index in [1.54, 1.807) is 30.5 Å². The zero-order valence-electron chi connectivity index (χ0n) is 16.8. The maximum Gasteiger partial charge on any atom is 0.257 e. The van der Waals surface area contributed by atoms with Gasteiger partial charge in [0.15, 0.2) is 6.61 Å². The molecule has 0 aliphatic heterocycles. The Morgan fingerprint density at radius 3 is 2.29 bits per heavy atom. The molecule has 0 fully saturated rings. The number of nitrogens with one attached hydrogen (secondary N) is 1. The number of rotatable bonds is 9. The van der Waals surface area contributed by atoms with E-state index in [1.807, 2.05) is 42.5 Å². The van der Waals surface area contributed by atoms with Crippen molar-refractivity contribution in [3.63, 3.8) is 0 Å². The highest BCUT2D eigenvalue weighted by molar-refractivity contribution is 7.89. The summed E-state index contributed by atoms with van der Waals surface area (Å²) >= 11 is 0. The number of nitrogens with zero attached hydrogens (tertiary/aromatic N) is 1. The van der Waals surface area contributed by atoms with Crippen LogP contribution in [0.2, 0.25) is 0 Å². The van der Waals surface area contributed by atoms with Crippen LogP contribution in [0.25, 0.3) is 0 Å². The van der Waals surface area contributed by atoms with E-state index in [1.165, 1.54) is 17.7 Å². The van der Waals surface area contributed by atoms with Gasteiger partial charge in [-0.25, -0.2) is 13.6 Å². The number of sulfonamides is 1. The van der Waals surface area contributed by atoms with Crippen LogP contribution in [0.15, 0.2) is 88.8 Å². The van der Waals surface area contributed by atoms with E-state index in [-0.39, 0.29) is 17.4 Å². The number of aliphatic imine (C=N–C) groups is 1. The van der Waals surface area contributed by atoms with Crippen molar-refractivity contribution in [3.05, 3.63) is 90.0 Å². The first-order chi connectivity index (χ1) is 14.9. The highest BCUT2D eigenvalue weighted by atomic mass is 32.2. The van der Waals surface area contributed by atoms with Gasteiger partial charge in [0.2, 0.25) is 10.0 Å². The smallest absolute Gasteiger partial charge is 0.257 e. The van der Waals surface area contributed by atoms with E-state index in [0.717, 1.165) is 12.0 Å². The molecule has 1 amide bonds. The lowest BCUT2D eigenvalue weighted by Crippen LogP contribution is -2.30. The van der Waals surface area contributed by atoms with Crippen molar-refractivity contribution in [1.82, 2.24) is 5.32 Å². The predicted molar refractivity (Wildman–Crippen MR) is 120 cm³/mol. The molecule has 0 aliphatic carbocycles. The third-order valence-electron chi connectivity index (χ3n) is 4.36. The van der Waals surface area contributed by atoms with Gasteiger partial charge in [0, 0.05) is 12.8 Å². The van der Waals surface area contributed by atoms with Gasteiger partial charge in [0.25, 0.3) is 5.91 Å². The van der Waals surface area contributed by atoms with Gasteiger partial charge < -0.3 is 10.1 Å². The van der Waals surface area contributed by atoms with Gasteiger partial charge >= 0.3 is 0 Å². The molecule has 3 N–H and O–H groups in total. The van der Waals surface area contributed by atoms with Crippen molar-refractivity contribution in [3.8, 4) is 5.75 Å². The zero-order chi connectivity index (χ0) is 22.1. The number of primary sulfonamides is 1. The number of ether oxygens (including phenoxy) is 1. The quantitative estimate of drug-likeness (QED) is 0.502. The fraction of sp³-hybridized carbons (Fsp3) is 0.130. The minimum absolute atomic E-state index is 0.0389. The summed E-state index contributed by atoms with van der Waals surface area (Å²) in [5, 5.41) is 7.91. The Kier molecular flexibility index (Phi) is 7.53. The normalized spacial score (nSPS) is 11.4. The second kappa shape index (κ2) is 10.5. The summed E-state index contributed by atoms with van der Waals surface area (Å²) in [7, 11) is -3.72. The maximum atomic E-state index is 11.9. The largest absolute Gasteiger partial charge is 0.484 e. The summed E-state index contributed by atoms with van der Waals surface area (Å²) in [5.41, 5.74) is 2.59. The van der Waals surface area contributed by atoms with Crippen LogP contribution in [-0.2, 0) is 21.2 Å². The first-order valence-electron chi connectivity index (χ1n) is 9.60. The Morgan fingerprint density at radius 1 is 0.968 bits per heavy atom. The Balaban J connectivity index is 1.44. The Bertz CT molecular complexity index is 1130. The van der Waals surface area contributed by atoms with Gasteiger partial charge in [-0.2, -0.15) is 0 Å². The summed E-state index contributed by atoms with van der Waals surface area (Å²) in [6, 6.07) is 23.0. The number of hydrogen-bond donors (Lipinski definition) is 2. The molecular formula is C23H23N3O4S. The van der Waals surface area contributed by atoms with Gasteiger partial charge in [-0.1, -0.05) is 30.3 Å². The molecule has 160 valence electrons. The second-order valence-corrected chi connectivity index (χ2v) is 8.30. The van der Waals surface area contributed by atoms with Crippen molar-refractivity contribution in [2.45, 2.75) is 11.3 Å². The van der Waals surface area contributed by atoms with Crippen LogP contribution in [0.5, 0.6) is 5.75 Å².